The lowest BCUT2D eigenvalue weighted by Crippen LogP contribution is -2.10. The minimum Gasteiger partial charge on any atom is -0.272 e. The highest BCUT2D eigenvalue weighted by atomic mass is 15.3. The van der Waals surface area contributed by atoms with Crippen molar-refractivity contribution in [3.8, 4) is 0 Å². The maximum atomic E-state index is 4.36. The molecule has 0 spiro atoms. The van der Waals surface area contributed by atoms with Gasteiger partial charge in [0.05, 0.1) is 6.20 Å². The van der Waals surface area contributed by atoms with Crippen LogP contribution in [0.2, 0.25) is 0 Å². The summed E-state index contributed by atoms with van der Waals surface area (Å²) in [4.78, 5) is 0. The molecule has 0 N–H and O–H groups in total. The SMILES string of the molecule is Cc1cnn(CC2CCCCCC2)c1. The van der Waals surface area contributed by atoms with Crippen molar-refractivity contribution in [2.75, 3.05) is 0 Å². The third-order valence-electron chi connectivity index (χ3n) is 3.18. The van der Waals surface area contributed by atoms with Crippen molar-refractivity contribution < 1.29 is 0 Å². The van der Waals surface area contributed by atoms with Gasteiger partial charge in [-0.15, -0.1) is 0 Å². The molecule has 14 heavy (non-hydrogen) atoms. The van der Waals surface area contributed by atoms with Crippen LogP contribution in [0.1, 0.15) is 44.1 Å². The zero-order valence-electron chi connectivity index (χ0n) is 9.08. The number of nitrogens with zero attached hydrogens (tertiary/aromatic N) is 2. The second-order valence-corrected chi connectivity index (χ2v) is 4.60. The average Bonchev–Trinajstić information content (AvgIpc) is 2.43. The van der Waals surface area contributed by atoms with Crippen molar-refractivity contribution in [3.05, 3.63) is 18.0 Å². The molecule has 2 rings (SSSR count). The van der Waals surface area contributed by atoms with Gasteiger partial charge in [-0.2, -0.15) is 5.10 Å². The second-order valence-electron chi connectivity index (χ2n) is 4.60. The largest absolute Gasteiger partial charge is 0.272 e. The number of rotatable bonds is 2. The molecule has 1 aliphatic carbocycles. The van der Waals surface area contributed by atoms with Crippen LogP contribution in [0, 0.1) is 12.8 Å². The monoisotopic (exact) mass is 192 g/mol. The van der Waals surface area contributed by atoms with Crippen LogP contribution in [-0.4, -0.2) is 9.78 Å². The van der Waals surface area contributed by atoms with E-state index in [2.05, 4.69) is 22.9 Å². The Balaban J connectivity index is 1.89. The lowest BCUT2D eigenvalue weighted by molar-refractivity contribution is 0.376. The van der Waals surface area contributed by atoms with Gasteiger partial charge >= 0.3 is 0 Å². The maximum absolute atomic E-state index is 4.36. The quantitative estimate of drug-likeness (QED) is 0.658. The van der Waals surface area contributed by atoms with Crippen LogP contribution >= 0.6 is 0 Å². The van der Waals surface area contributed by atoms with Crippen molar-refractivity contribution >= 4 is 0 Å². The molecule has 0 bridgehead atoms. The Hall–Kier alpha value is -0.790. The van der Waals surface area contributed by atoms with E-state index in [4.69, 9.17) is 0 Å². The van der Waals surface area contributed by atoms with E-state index < -0.39 is 0 Å². The molecule has 0 unspecified atom stereocenters. The van der Waals surface area contributed by atoms with E-state index in [9.17, 15) is 0 Å². The molecule has 1 fully saturated rings. The molecule has 1 saturated carbocycles. The first-order valence-corrected chi connectivity index (χ1v) is 5.83. The summed E-state index contributed by atoms with van der Waals surface area (Å²) in [5.41, 5.74) is 1.28. The molecular weight excluding hydrogens is 172 g/mol. The minimum atomic E-state index is 0.872. The highest BCUT2D eigenvalue weighted by molar-refractivity contribution is 4.99. The molecule has 1 heterocycles. The van der Waals surface area contributed by atoms with E-state index in [1.165, 1.54) is 44.1 Å². The number of hydrogen-bond donors (Lipinski definition) is 0. The van der Waals surface area contributed by atoms with Crippen LogP contribution in [-0.2, 0) is 6.54 Å². The van der Waals surface area contributed by atoms with Crippen LogP contribution < -0.4 is 0 Å². The van der Waals surface area contributed by atoms with Crippen molar-refractivity contribution in [2.24, 2.45) is 5.92 Å². The van der Waals surface area contributed by atoms with Gasteiger partial charge in [0.25, 0.3) is 0 Å². The van der Waals surface area contributed by atoms with Crippen molar-refractivity contribution in [1.82, 2.24) is 9.78 Å². The molecule has 0 atom stereocenters. The normalized spacial score (nSPS) is 19.5. The molecule has 0 aromatic carbocycles. The molecule has 1 aromatic heterocycles. The smallest absolute Gasteiger partial charge is 0.0518 e. The maximum Gasteiger partial charge on any atom is 0.0518 e. The molecule has 1 aliphatic rings. The van der Waals surface area contributed by atoms with Crippen LogP contribution in [0.25, 0.3) is 0 Å². The molecule has 0 radical (unpaired) electrons. The summed E-state index contributed by atoms with van der Waals surface area (Å²) >= 11 is 0. The van der Waals surface area contributed by atoms with Gasteiger partial charge in [-0.3, -0.25) is 4.68 Å². The van der Waals surface area contributed by atoms with E-state index >= 15 is 0 Å². The first-order chi connectivity index (χ1) is 6.84. The molecule has 1 aromatic rings. The van der Waals surface area contributed by atoms with Crippen molar-refractivity contribution in [3.63, 3.8) is 0 Å². The van der Waals surface area contributed by atoms with Crippen LogP contribution in [0.4, 0.5) is 0 Å². The Morgan fingerprint density at radius 2 is 2.00 bits per heavy atom. The predicted octanol–water partition coefficient (Wildman–Crippen LogP) is 3.16. The third kappa shape index (κ3) is 2.60. The fourth-order valence-electron chi connectivity index (χ4n) is 2.38. The van der Waals surface area contributed by atoms with E-state index in [-0.39, 0.29) is 0 Å². The molecule has 2 heteroatoms. The minimum absolute atomic E-state index is 0.872. The van der Waals surface area contributed by atoms with Crippen molar-refractivity contribution in [2.45, 2.75) is 52.0 Å². The first-order valence-electron chi connectivity index (χ1n) is 5.83. The van der Waals surface area contributed by atoms with Gasteiger partial charge in [-0.05, 0) is 31.2 Å². The lowest BCUT2D eigenvalue weighted by atomic mass is 10.0. The fraction of sp³-hybridized carbons (Fsp3) is 0.750. The van der Waals surface area contributed by atoms with Gasteiger partial charge in [0, 0.05) is 12.7 Å². The summed E-state index contributed by atoms with van der Waals surface area (Å²) in [5, 5.41) is 4.36. The van der Waals surface area contributed by atoms with Gasteiger partial charge < -0.3 is 0 Å². The zero-order chi connectivity index (χ0) is 9.80. The van der Waals surface area contributed by atoms with Crippen LogP contribution in [0.15, 0.2) is 12.4 Å². The predicted molar refractivity (Wildman–Crippen MR) is 58.2 cm³/mol. The molecule has 78 valence electrons. The molecular formula is C12H20N2. The highest BCUT2D eigenvalue weighted by Crippen LogP contribution is 2.23. The standard InChI is InChI=1S/C12H20N2/c1-11-8-13-14(9-11)10-12-6-4-2-3-5-7-12/h8-9,12H,2-7,10H2,1H3. The van der Waals surface area contributed by atoms with E-state index in [1.54, 1.807) is 0 Å². The molecule has 0 aliphatic heterocycles. The summed E-state index contributed by atoms with van der Waals surface area (Å²) in [7, 11) is 0. The third-order valence-corrected chi connectivity index (χ3v) is 3.18. The summed E-state index contributed by atoms with van der Waals surface area (Å²) in [6.45, 7) is 3.24. The Morgan fingerprint density at radius 3 is 2.57 bits per heavy atom. The van der Waals surface area contributed by atoms with E-state index in [0.29, 0.717) is 0 Å². The van der Waals surface area contributed by atoms with E-state index in [0.717, 1.165) is 12.5 Å². The van der Waals surface area contributed by atoms with Gasteiger partial charge in [-0.1, -0.05) is 25.7 Å². The van der Waals surface area contributed by atoms with Gasteiger partial charge in [0.15, 0.2) is 0 Å². The summed E-state index contributed by atoms with van der Waals surface area (Å²) in [5.74, 6) is 0.872. The Labute approximate surface area is 86.3 Å². The van der Waals surface area contributed by atoms with Gasteiger partial charge in [0.2, 0.25) is 0 Å². The number of aryl methyl sites for hydroxylation is 1. The second kappa shape index (κ2) is 4.63. The molecule has 0 saturated heterocycles. The van der Waals surface area contributed by atoms with Crippen LogP contribution in [0.5, 0.6) is 0 Å². The van der Waals surface area contributed by atoms with Crippen LogP contribution in [0.3, 0.4) is 0 Å². The first kappa shape index (κ1) is 9.75. The van der Waals surface area contributed by atoms with Crippen molar-refractivity contribution in [1.29, 1.82) is 0 Å². The topological polar surface area (TPSA) is 17.8 Å². The summed E-state index contributed by atoms with van der Waals surface area (Å²) < 4.78 is 2.12. The number of aromatic nitrogens is 2. The van der Waals surface area contributed by atoms with Gasteiger partial charge in [-0.25, -0.2) is 0 Å². The Bertz CT molecular complexity index is 270. The highest BCUT2D eigenvalue weighted by Gasteiger charge is 2.12. The van der Waals surface area contributed by atoms with Gasteiger partial charge in [0.1, 0.15) is 0 Å². The zero-order valence-corrected chi connectivity index (χ0v) is 9.08. The summed E-state index contributed by atoms with van der Waals surface area (Å²) in [6.07, 6.45) is 12.6. The number of hydrogen-bond acceptors (Lipinski definition) is 1. The Kier molecular flexibility index (Phi) is 3.22. The fourth-order valence-corrected chi connectivity index (χ4v) is 2.38. The van der Waals surface area contributed by atoms with E-state index in [1.807, 2.05) is 6.20 Å². The summed E-state index contributed by atoms with van der Waals surface area (Å²) in [6, 6.07) is 0. The average molecular weight is 192 g/mol. The molecule has 0 amide bonds. The Morgan fingerprint density at radius 1 is 1.29 bits per heavy atom. The lowest BCUT2D eigenvalue weighted by Gasteiger charge is -2.13. The molecule has 2 nitrogen and oxygen atoms in total.